The van der Waals surface area contributed by atoms with E-state index in [1.165, 1.54) is 0 Å². The van der Waals surface area contributed by atoms with E-state index in [2.05, 4.69) is 0 Å². The molecule has 1 fully saturated rings. The van der Waals surface area contributed by atoms with Crippen LogP contribution in [-0.2, 0) is 10.0 Å². The topological polar surface area (TPSA) is 87.2 Å². The molecule has 3 N–H and O–H groups in total. The number of likely N-dealkylation sites (tertiary alicyclic amines) is 1. The fraction of sp³-hybridized carbons (Fsp3) is 0.833. The highest BCUT2D eigenvalue weighted by atomic mass is 32.2. The SMILES string of the molecule is N=C1CCCN1CCS(N)(=O)=O. The van der Waals surface area contributed by atoms with Crippen molar-refractivity contribution in [2.75, 3.05) is 18.8 Å². The van der Waals surface area contributed by atoms with Gasteiger partial charge in [-0.2, -0.15) is 0 Å². The van der Waals surface area contributed by atoms with Crippen molar-refractivity contribution in [2.45, 2.75) is 12.8 Å². The standard InChI is InChI=1S/C6H13N3O2S/c7-6-2-1-3-9(6)4-5-12(8,10)11/h7H,1-5H2,(H2,8,10,11). The molecule has 1 heterocycles. The second kappa shape index (κ2) is 3.40. The van der Waals surface area contributed by atoms with Gasteiger partial charge in [0.05, 0.1) is 11.6 Å². The Hall–Kier alpha value is -0.620. The lowest BCUT2D eigenvalue weighted by Gasteiger charge is -2.16. The molecule has 0 aromatic carbocycles. The van der Waals surface area contributed by atoms with E-state index in [1.807, 2.05) is 0 Å². The average Bonchev–Trinajstić information content (AvgIpc) is 2.29. The monoisotopic (exact) mass is 191 g/mol. The van der Waals surface area contributed by atoms with Crippen LogP contribution in [0.15, 0.2) is 0 Å². The molecular weight excluding hydrogens is 178 g/mol. The van der Waals surface area contributed by atoms with Crippen molar-refractivity contribution in [3.05, 3.63) is 0 Å². The van der Waals surface area contributed by atoms with Gasteiger partial charge in [-0.3, -0.25) is 5.41 Å². The van der Waals surface area contributed by atoms with Gasteiger partial charge in [0.1, 0.15) is 0 Å². The fourth-order valence-electron chi connectivity index (χ4n) is 1.21. The zero-order valence-electron chi connectivity index (χ0n) is 6.78. The second-order valence-corrected chi connectivity index (χ2v) is 4.64. The minimum atomic E-state index is -3.37. The molecule has 0 atom stereocenters. The van der Waals surface area contributed by atoms with Crippen LogP contribution < -0.4 is 5.14 Å². The van der Waals surface area contributed by atoms with Crippen molar-refractivity contribution in [3.8, 4) is 0 Å². The number of amidine groups is 1. The molecule has 0 aliphatic carbocycles. The third-order valence-electron chi connectivity index (χ3n) is 1.87. The number of sulfonamides is 1. The van der Waals surface area contributed by atoms with E-state index < -0.39 is 10.0 Å². The first kappa shape index (κ1) is 9.47. The van der Waals surface area contributed by atoms with Crippen LogP contribution in [0.25, 0.3) is 0 Å². The highest BCUT2D eigenvalue weighted by Gasteiger charge is 2.17. The molecule has 5 nitrogen and oxygen atoms in total. The average molecular weight is 191 g/mol. The van der Waals surface area contributed by atoms with Gasteiger partial charge in [0, 0.05) is 19.5 Å². The minimum absolute atomic E-state index is 0.0601. The van der Waals surface area contributed by atoms with Crippen LogP contribution >= 0.6 is 0 Å². The van der Waals surface area contributed by atoms with E-state index in [0.717, 1.165) is 19.4 Å². The lowest BCUT2D eigenvalue weighted by molar-refractivity contribution is 0.473. The van der Waals surface area contributed by atoms with Crippen LogP contribution in [0.3, 0.4) is 0 Å². The maximum absolute atomic E-state index is 10.6. The van der Waals surface area contributed by atoms with Crippen LogP contribution in [0.1, 0.15) is 12.8 Å². The van der Waals surface area contributed by atoms with Gasteiger partial charge >= 0.3 is 0 Å². The Labute approximate surface area is 72.1 Å². The number of primary sulfonamides is 1. The number of rotatable bonds is 3. The molecule has 0 saturated carbocycles. The molecule has 1 aliphatic heterocycles. The van der Waals surface area contributed by atoms with E-state index in [9.17, 15) is 8.42 Å². The van der Waals surface area contributed by atoms with E-state index in [4.69, 9.17) is 10.5 Å². The summed E-state index contributed by atoms with van der Waals surface area (Å²) in [5.74, 6) is 0.466. The largest absolute Gasteiger partial charge is 0.359 e. The van der Waals surface area contributed by atoms with Gasteiger partial charge in [0.2, 0.25) is 10.0 Å². The van der Waals surface area contributed by atoms with Crippen molar-refractivity contribution in [2.24, 2.45) is 5.14 Å². The van der Waals surface area contributed by atoms with Crippen molar-refractivity contribution in [1.29, 1.82) is 5.41 Å². The Balaban J connectivity index is 2.37. The van der Waals surface area contributed by atoms with Gasteiger partial charge in [-0.1, -0.05) is 0 Å². The molecule has 1 aliphatic rings. The summed E-state index contributed by atoms with van der Waals surface area (Å²) in [6.45, 7) is 1.14. The third-order valence-corrected chi connectivity index (χ3v) is 2.62. The maximum Gasteiger partial charge on any atom is 0.210 e. The van der Waals surface area contributed by atoms with E-state index >= 15 is 0 Å². The van der Waals surface area contributed by atoms with E-state index in [0.29, 0.717) is 12.4 Å². The molecular formula is C6H13N3O2S. The lowest BCUT2D eigenvalue weighted by Crippen LogP contribution is -2.32. The number of nitrogens with one attached hydrogen (secondary N) is 1. The molecule has 0 amide bonds. The molecule has 70 valence electrons. The van der Waals surface area contributed by atoms with Gasteiger partial charge in [-0.05, 0) is 6.42 Å². The van der Waals surface area contributed by atoms with Crippen molar-refractivity contribution in [3.63, 3.8) is 0 Å². The normalized spacial score (nSPS) is 18.8. The van der Waals surface area contributed by atoms with Gasteiger partial charge in [-0.15, -0.1) is 0 Å². The van der Waals surface area contributed by atoms with Crippen LogP contribution in [0, 0.1) is 5.41 Å². The molecule has 6 heteroatoms. The predicted molar refractivity (Wildman–Crippen MR) is 46.5 cm³/mol. The highest BCUT2D eigenvalue weighted by Crippen LogP contribution is 2.08. The molecule has 12 heavy (non-hydrogen) atoms. The molecule has 0 spiro atoms. The Bertz CT molecular complexity index is 273. The van der Waals surface area contributed by atoms with E-state index in [-0.39, 0.29) is 5.75 Å². The highest BCUT2D eigenvalue weighted by molar-refractivity contribution is 7.89. The predicted octanol–water partition coefficient (Wildman–Crippen LogP) is -0.652. The fourth-order valence-corrected chi connectivity index (χ4v) is 1.69. The van der Waals surface area contributed by atoms with Crippen LogP contribution in [0.5, 0.6) is 0 Å². The Kier molecular flexibility index (Phi) is 2.69. The zero-order valence-corrected chi connectivity index (χ0v) is 7.60. The molecule has 1 rings (SSSR count). The summed E-state index contributed by atoms with van der Waals surface area (Å²) in [6, 6.07) is 0. The number of nitrogens with zero attached hydrogens (tertiary/aromatic N) is 1. The summed E-state index contributed by atoms with van der Waals surface area (Å²) in [6.07, 6.45) is 1.70. The molecule has 0 aromatic heterocycles. The summed E-state index contributed by atoms with van der Waals surface area (Å²) in [5, 5.41) is 12.2. The first-order valence-corrected chi connectivity index (χ1v) is 5.53. The molecule has 0 aromatic rings. The second-order valence-electron chi connectivity index (χ2n) is 2.90. The summed E-state index contributed by atoms with van der Waals surface area (Å²) >= 11 is 0. The van der Waals surface area contributed by atoms with Crippen molar-refractivity contribution in [1.82, 2.24) is 4.90 Å². The summed E-state index contributed by atoms with van der Waals surface area (Å²) in [7, 11) is -3.37. The van der Waals surface area contributed by atoms with Gasteiger partial charge in [0.15, 0.2) is 0 Å². The Morgan fingerprint density at radius 3 is 2.67 bits per heavy atom. The first-order valence-electron chi connectivity index (χ1n) is 3.82. The molecule has 1 saturated heterocycles. The summed E-state index contributed by atoms with van der Waals surface area (Å²) < 4.78 is 21.2. The van der Waals surface area contributed by atoms with Gasteiger partial charge in [0.25, 0.3) is 0 Å². The van der Waals surface area contributed by atoms with Crippen molar-refractivity contribution >= 4 is 15.9 Å². The van der Waals surface area contributed by atoms with Gasteiger partial charge in [-0.25, -0.2) is 13.6 Å². The van der Waals surface area contributed by atoms with Crippen LogP contribution in [0.4, 0.5) is 0 Å². The van der Waals surface area contributed by atoms with E-state index in [1.54, 1.807) is 4.90 Å². The molecule has 0 bridgehead atoms. The lowest BCUT2D eigenvalue weighted by atomic mass is 10.4. The third kappa shape index (κ3) is 2.78. The van der Waals surface area contributed by atoms with Gasteiger partial charge < -0.3 is 4.90 Å². The molecule has 0 unspecified atom stereocenters. The zero-order chi connectivity index (χ0) is 9.19. The van der Waals surface area contributed by atoms with Crippen LogP contribution in [0.2, 0.25) is 0 Å². The Morgan fingerprint density at radius 2 is 2.25 bits per heavy atom. The van der Waals surface area contributed by atoms with Crippen molar-refractivity contribution < 1.29 is 8.42 Å². The quantitative estimate of drug-likeness (QED) is 0.621. The number of hydrogen-bond acceptors (Lipinski definition) is 3. The smallest absolute Gasteiger partial charge is 0.210 e. The van der Waals surface area contributed by atoms with Crippen LogP contribution in [-0.4, -0.2) is 38.0 Å². The number of nitrogens with two attached hydrogens (primary N) is 1. The maximum atomic E-state index is 10.6. The number of hydrogen-bond donors (Lipinski definition) is 2. The Morgan fingerprint density at radius 1 is 1.58 bits per heavy atom. The first-order chi connectivity index (χ1) is 5.49. The summed E-state index contributed by atoms with van der Waals surface area (Å²) in [5.41, 5.74) is 0. The summed E-state index contributed by atoms with van der Waals surface area (Å²) in [4.78, 5) is 1.75. The molecule has 0 radical (unpaired) electrons. The minimum Gasteiger partial charge on any atom is -0.359 e.